The van der Waals surface area contributed by atoms with Crippen molar-refractivity contribution in [3.05, 3.63) is 177 Å². The van der Waals surface area contributed by atoms with Crippen molar-refractivity contribution in [3.8, 4) is 0 Å². The molecular formula is C58H68BrN3O7. The van der Waals surface area contributed by atoms with Crippen molar-refractivity contribution < 1.29 is 34.1 Å². The number of halogens is 1. The average Bonchev–Trinajstić information content (AvgIpc) is 4.21. The molecule has 6 aliphatic rings. The lowest BCUT2D eigenvalue weighted by atomic mass is 9.87. The molecule has 3 saturated carbocycles. The fraction of sp³-hybridized carbons (Fsp3) is 0.431. The molecule has 5 aromatic carbocycles. The molecule has 3 N–H and O–H groups in total. The third kappa shape index (κ3) is 12.5. The largest absolute Gasteiger partial charge is 0.445 e. The first-order valence-electron chi connectivity index (χ1n) is 24.7. The van der Waals surface area contributed by atoms with Crippen molar-refractivity contribution in [2.45, 2.75) is 83.7 Å². The normalized spacial score (nSPS) is 27.1. The second kappa shape index (κ2) is 22.6. The summed E-state index contributed by atoms with van der Waals surface area (Å²) < 4.78 is 11.9. The van der Waals surface area contributed by atoms with E-state index in [9.17, 15) is 24.6 Å². The van der Waals surface area contributed by atoms with Crippen molar-refractivity contribution in [2.75, 3.05) is 39.3 Å². The van der Waals surface area contributed by atoms with E-state index >= 15 is 0 Å². The second-order valence-corrected chi connectivity index (χ2v) is 21.2. The molecule has 3 saturated heterocycles. The van der Waals surface area contributed by atoms with Crippen LogP contribution >= 0.6 is 15.9 Å². The number of fused-ring (bicyclic) bond motifs is 3. The lowest BCUT2D eigenvalue weighted by Crippen LogP contribution is -2.33. The number of carbonyl (C=O) groups is 3. The minimum Gasteiger partial charge on any atom is -0.445 e. The number of rotatable bonds is 6. The minimum atomic E-state index is -0.763. The van der Waals surface area contributed by atoms with Gasteiger partial charge in [-0.05, 0) is 140 Å². The molecule has 69 heavy (non-hydrogen) atoms. The Labute approximate surface area is 416 Å². The van der Waals surface area contributed by atoms with Gasteiger partial charge in [-0.3, -0.25) is 4.79 Å². The molecule has 2 amide bonds. The zero-order chi connectivity index (χ0) is 48.5. The summed E-state index contributed by atoms with van der Waals surface area (Å²) >= 11 is 3.40. The Hall–Kier alpha value is -5.33. The molecule has 10 nitrogen and oxygen atoms in total. The fourth-order valence-corrected chi connectivity index (χ4v) is 12.0. The monoisotopic (exact) mass is 997 g/mol. The van der Waals surface area contributed by atoms with Crippen LogP contribution in [0.1, 0.15) is 77.5 Å². The summed E-state index contributed by atoms with van der Waals surface area (Å²) in [6.45, 7) is 11.7. The summed E-state index contributed by atoms with van der Waals surface area (Å²) in [6.07, 6.45) is 4.04. The van der Waals surface area contributed by atoms with Crippen molar-refractivity contribution in [1.29, 1.82) is 0 Å². The van der Waals surface area contributed by atoms with E-state index in [0.717, 1.165) is 53.7 Å². The highest BCUT2D eigenvalue weighted by molar-refractivity contribution is 9.10. The average molecular weight is 999 g/mol. The van der Waals surface area contributed by atoms with Crippen molar-refractivity contribution >= 4 is 33.9 Å². The van der Waals surface area contributed by atoms with Gasteiger partial charge in [-0.15, -0.1) is 0 Å². The number of carbonyl (C=O) groups excluding carboxylic acids is 3. The van der Waals surface area contributed by atoms with Crippen LogP contribution in [-0.4, -0.2) is 77.3 Å². The van der Waals surface area contributed by atoms with Crippen LogP contribution in [0.25, 0.3) is 0 Å². The molecule has 6 fully saturated rings. The Balaban J connectivity index is 0.000000132. The third-order valence-corrected chi connectivity index (χ3v) is 16.2. The molecule has 5 aromatic rings. The van der Waals surface area contributed by atoms with Crippen LogP contribution in [0.4, 0.5) is 9.59 Å². The molecule has 3 aliphatic carbocycles. The topological polar surface area (TPSA) is 129 Å². The summed E-state index contributed by atoms with van der Waals surface area (Å²) in [4.78, 5) is 39.2. The van der Waals surface area contributed by atoms with Crippen molar-refractivity contribution in [3.63, 3.8) is 0 Å². The second-order valence-electron chi connectivity index (χ2n) is 20.3. The molecule has 0 radical (unpaired) electrons. The first-order valence-corrected chi connectivity index (χ1v) is 25.5. The highest BCUT2D eigenvalue weighted by Gasteiger charge is 2.51. The van der Waals surface area contributed by atoms with Crippen LogP contribution in [0.3, 0.4) is 0 Å². The van der Waals surface area contributed by atoms with Gasteiger partial charge in [-0.25, -0.2) is 9.59 Å². The van der Waals surface area contributed by atoms with Crippen molar-refractivity contribution in [1.82, 2.24) is 15.1 Å². The van der Waals surface area contributed by atoms with E-state index in [0.29, 0.717) is 106 Å². The lowest BCUT2D eigenvalue weighted by Gasteiger charge is -2.27. The SMILES string of the molecule is Cc1ccccc1Br.Cc1ccccc1C1(O)C[C@H]2CN(C(=O)OCc3ccccc3)C[C@H]2C1.Cc1ccccc1C1(O)C[C@H]2CNC[C@H]2C1.O=C1C[C@@H]2CN(C(=O)OCc3ccccc3)C[C@@H]2C1. The van der Waals surface area contributed by atoms with Crippen LogP contribution < -0.4 is 5.32 Å². The number of benzene rings is 5. The van der Waals surface area contributed by atoms with E-state index in [4.69, 9.17) is 9.47 Å². The van der Waals surface area contributed by atoms with Gasteiger partial charge in [0.1, 0.15) is 19.0 Å². The van der Waals surface area contributed by atoms with Gasteiger partial charge in [0.05, 0.1) is 11.2 Å². The van der Waals surface area contributed by atoms with Gasteiger partial charge in [0.25, 0.3) is 0 Å². The number of amides is 2. The molecule has 3 aliphatic heterocycles. The molecular weight excluding hydrogens is 931 g/mol. The van der Waals surface area contributed by atoms with E-state index in [1.165, 1.54) is 15.6 Å². The van der Waals surface area contributed by atoms with E-state index in [2.05, 4.69) is 66.3 Å². The van der Waals surface area contributed by atoms with Gasteiger partial charge in [-0.1, -0.05) is 143 Å². The number of aryl methyl sites for hydroxylation is 3. The molecule has 0 aromatic heterocycles. The summed E-state index contributed by atoms with van der Waals surface area (Å²) in [5, 5.41) is 25.4. The zero-order valence-electron chi connectivity index (χ0n) is 40.3. The number of ketones is 1. The first kappa shape index (κ1) is 50.1. The van der Waals surface area contributed by atoms with Gasteiger partial charge in [-0.2, -0.15) is 0 Å². The number of hydrogen-bond donors (Lipinski definition) is 3. The zero-order valence-corrected chi connectivity index (χ0v) is 41.9. The molecule has 11 heteroatoms. The van der Waals surface area contributed by atoms with Crippen LogP contribution in [0, 0.1) is 56.3 Å². The molecule has 364 valence electrons. The highest BCUT2D eigenvalue weighted by atomic mass is 79.9. The smallest absolute Gasteiger partial charge is 0.410 e. The van der Waals surface area contributed by atoms with Crippen molar-refractivity contribution in [2.24, 2.45) is 35.5 Å². The standard InChI is InChI=1S/C22H25NO3.C15H17NO3.C14H19NO.C7H7Br/c1-16-7-5-6-10-20(16)22(25)11-18-13-23(14-19(18)12-22)21(24)26-15-17-8-3-2-4-9-17;17-14-6-12-8-16(9-13(12)7-14)15(18)19-10-11-4-2-1-3-5-11;1-10-4-2-3-5-13(10)14(16)6-11-8-15-9-12(11)7-14;1-6-4-2-3-5-7(6)8/h2-10,18-19,25H,11-15H2,1H3;1-5,12-13H,6-10H2;2-5,11-12,15-16H,6-9H2,1H3;2-5H,1H3/t18-,19+,22?;12-,13+;11-,12+,14?;. The molecule has 11 rings (SSSR count). The summed E-state index contributed by atoms with van der Waals surface area (Å²) in [5.74, 6) is 3.07. The molecule has 0 bridgehead atoms. The first-order chi connectivity index (χ1) is 33.3. The van der Waals surface area contributed by atoms with Gasteiger partial charge in [0.15, 0.2) is 0 Å². The van der Waals surface area contributed by atoms with Gasteiger partial charge < -0.3 is 34.8 Å². The Morgan fingerprint density at radius 2 is 0.899 bits per heavy atom. The van der Waals surface area contributed by atoms with E-state index in [1.807, 2.05) is 109 Å². The Bertz CT molecular complexity index is 2460. The summed E-state index contributed by atoms with van der Waals surface area (Å²) in [6, 6.07) is 43.9. The number of hydrogen-bond acceptors (Lipinski definition) is 8. The highest BCUT2D eigenvalue weighted by Crippen LogP contribution is 2.50. The molecule has 2 unspecified atom stereocenters. The predicted octanol–water partition coefficient (Wildman–Crippen LogP) is 10.7. The molecule has 8 atom stereocenters. The number of likely N-dealkylation sites (tertiary alicyclic amines) is 2. The lowest BCUT2D eigenvalue weighted by molar-refractivity contribution is -0.118. The molecule has 0 spiro atoms. The predicted molar refractivity (Wildman–Crippen MR) is 272 cm³/mol. The van der Waals surface area contributed by atoms with Crippen LogP contribution in [0.2, 0.25) is 0 Å². The third-order valence-electron chi connectivity index (χ3n) is 15.3. The van der Waals surface area contributed by atoms with Crippen LogP contribution in [-0.2, 0) is 38.7 Å². The maximum atomic E-state index is 12.4. The van der Waals surface area contributed by atoms with E-state index in [1.54, 1.807) is 9.80 Å². The minimum absolute atomic E-state index is 0.248. The summed E-state index contributed by atoms with van der Waals surface area (Å²) in [5.41, 5.74) is 6.47. The van der Waals surface area contributed by atoms with Gasteiger partial charge in [0, 0.05) is 43.5 Å². The Morgan fingerprint density at radius 1 is 0.536 bits per heavy atom. The Morgan fingerprint density at radius 3 is 1.29 bits per heavy atom. The fourth-order valence-electron chi connectivity index (χ4n) is 11.7. The van der Waals surface area contributed by atoms with Crippen LogP contribution in [0.5, 0.6) is 0 Å². The number of ether oxygens (including phenoxy) is 2. The van der Waals surface area contributed by atoms with E-state index < -0.39 is 11.2 Å². The number of nitrogens with one attached hydrogen (secondary N) is 1. The number of nitrogens with zero attached hydrogens (tertiary/aromatic N) is 2. The summed E-state index contributed by atoms with van der Waals surface area (Å²) in [7, 11) is 0. The van der Waals surface area contributed by atoms with Crippen LogP contribution in [0.15, 0.2) is 138 Å². The maximum Gasteiger partial charge on any atom is 0.410 e. The number of aliphatic hydroxyl groups is 2. The van der Waals surface area contributed by atoms with Gasteiger partial charge >= 0.3 is 12.2 Å². The maximum absolute atomic E-state index is 12.4. The van der Waals surface area contributed by atoms with E-state index in [-0.39, 0.29) is 12.2 Å². The Kier molecular flexibility index (Phi) is 16.4. The number of Topliss-reactive ketones (excluding diaryl/α,β-unsaturated/α-hetero) is 1. The quantitative estimate of drug-likeness (QED) is 0.153. The molecule has 3 heterocycles. The van der Waals surface area contributed by atoms with Gasteiger partial charge in [0.2, 0.25) is 0 Å².